The van der Waals surface area contributed by atoms with Crippen LogP contribution in [-0.2, 0) is 16.0 Å². The minimum atomic E-state index is 0.262. The third kappa shape index (κ3) is 4.34. The first-order valence-corrected chi connectivity index (χ1v) is 9.72. The largest absolute Gasteiger partial charge is 0.375 e. The highest BCUT2D eigenvalue weighted by atomic mass is 32.1. The Kier molecular flexibility index (Phi) is 5.72. The lowest BCUT2D eigenvalue weighted by Gasteiger charge is -2.41. The number of carbonyl (C=O) groups is 1. The lowest BCUT2D eigenvalue weighted by atomic mass is 10.0. The number of amides is 1. The smallest absolute Gasteiger partial charge is 0.227 e. The molecule has 0 saturated carbocycles. The van der Waals surface area contributed by atoms with Gasteiger partial charge < -0.3 is 9.64 Å². The number of ether oxygens (including phenoxy) is 1. The van der Waals surface area contributed by atoms with Crippen LogP contribution >= 0.6 is 11.3 Å². The molecular formula is C18H28N2O2S. The van der Waals surface area contributed by atoms with E-state index in [1.165, 1.54) is 0 Å². The topological polar surface area (TPSA) is 32.8 Å². The zero-order chi connectivity index (χ0) is 16.2. The number of fused-ring (bicyclic) bond motifs is 1. The molecule has 0 bridgehead atoms. The van der Waals surface area contributed by atoms with Crippen LogP contribution in [0.4, 0.5) is 0 Å². The first kappa shape index (κ1) is 16.9. The van der Waals surface area contributed by atoms with Crippen molar-refractivity contribution in [3.63, 3.8) is 0 Å². The highest BCUT2D eigenvalue weighted by Gasteiger charge is 2.35. The first-order valence-electron chi connectivity index (χ1n) is 8.78. The van der Waals surface area contributed by atoms with Gasteiger partial charge in [0.1, 0.15) is 0 Å². The number of morpholine rings is 1. The molecule has 2 aliphatic heterocycles. The molecule has 0 unspecified atom stereocenters. The van der Waals surface area contributed by atoms with Gasteiger partial charge in [-0.25, -0.2) is 0 Å². The predicted molar refractivity (Wildman–Crippen MR) is 93.8 cm³/mol. The van der Waals surface area contributed by atoms with Gasteiger partial charge in [-0.3, -0.25) is 9.69 Å². The Bertz CT molecular complexity index is 503. The summed E-state index contributed by atoms with van der Waals surface area (Å²) in [6, 6.07) is 2.53. The first-order chi connectivity index (χ1) is 11.1. The summed E-state index contributed by atoms with van der Waals surface area (Å²) in [5.74, 6) is 0.936. The molecule has 1 aromatic rings. The van der Waals surface area contributed by atoms with E-state index in [0.29, 0.717) is 24.5 Å². The summed E-state index contributed by atoms with van der Waals surface area (Å²) >= 11 is 1.66. The molecule has 1 aromatic heterocycles. The van der Waals surface area contributed by atoms with Crippen LogP contribution in [-0.4, -0.2) is 60.6 Å². The molecule has 0 spiro atoms. The second kappa shape index (κ2) is 7.77. The second-order valence-electron chi connectivity index (χ2n) is 7.13. The van der Waals surface area contributed by atoms with Crippen LogP contribution in [0, 0.1) is 5.92 Å². The number of carbonyl (C=O) groups excluding carboxylic acids is 1. The van der Waals surface area contributed by atoms with E-state index in [1.807, 2.05) is 16.3 Å². The lowest BCUT2D eigenvalue weighted by Crippen LogP contribution is -2.52. The van der Waals surface area contributed by atoms with Gasteiger partial charge in [-0.15, -0.1) is 0 Å². The van der Waals surface area contributed by atoms with E-state index in [1.54, 1.807) is 11.3 Å². The van der Waals surface area contributed by atoms with E-state index in [9.17, 15) is 4.79 Å². The monoisotopic (exact) mass is 336 g/mol. The highest BCUT2D eigenvalue weighted by Crippen LogP contribution is 2.25. The number of hydrogen-bond donors (Lipinski definition) is 0. The van der Waals surface area contributed by atoms with E-state index in [4.69, 9.17) is 4.74 Å². The zero-order valence-corrected chi connectivity index (χ0v) is 15.1. The number of thiophene rings is 1. The fourth-order valence-corrected chi connectivity index (χ4v) is 4.45. The van der Waals surface area contributed by atoms with Crippen molar-refractivity contribution >= 4 is 17.2 Å². The summed E-state index contributed by atoms with van der Waals surface area (Å²) in [6.45, 7) is 9.24. The van der Waals surface area contributed by atoms with Crippen molar-refractivity contribution < 1.29 is 9.53 Å². The van der Waals surface area contributed by atoms with E-state index >= 15 is 0 Å². The molecule has 23 heavy (non-hydrogen) atoms. The van der Waals surface area contributed by atoms with Crippen LogP contribution in [0.3, 0.4) is 0 Å². The third-order valence-electron chi connectivity index (χ3n) is 4.87. The lowest BCUT2D eigenvalue weighted by molar-refractivity contribution is -0.130. The van der Waals surface area contributed by atoms with Crippen molar-refractivity contribution in [3.05, 3.63) is 22.4 Å². The molecule has 5 heteroatoms. The van der Waals surface area contributed by atoms with Crippen molar-refractivity contribution in [1.82, 2.24) is 9.80 Å². The predicted octanol–water partition coefficient (Wildman–Crippen LogP) is 2.64. The van der Waals surface area contributed by atoms with Crippen molar-refractivity contribution in [2.24, 2.45) is 5.92 Å². The summed E-state index contributed by atoms with van der Waals surface area (Å²) in [5, 5.41) is 4.11. The molecule has 1 amide bonds. The Hall–Kier alpha value is -0.910. The number of likely N-dealkylation sites (tertiary alicyclic amines) is 1. The highest BCUT2D eigenvalue weighted by molar-refractivity contribution is 7.07. The van der Waals surface area contributed by atoms with Crippen LogP contribution in [0.5, 0.6) is 0 Å². The van der Waals surface area contributed by atoms with Gasteiger partial charge in [0, 0.05) is 32.2 Å². The number of rotatable bonds is 4. The average Bonchev–Trinajstić information content (AvgIpc) is 2.91. The second-order valence-corrected chi connectivity index (χ2v) is 7.91. The molecule has 2 atom stereocenters. The maximum absolute atomic E-state index is 12.6. The Balaban J connectivity index is 1.60. The maximum atomic E-state index is 12.6. The van der Waals surface area contributed by atoms with Gasteiger partial charge in [0.15, 0.2) is 0 Å². The molecule has 0 aromatic carbocycles. The van der Waals surface area contributed by atoms with Gasteiger partial charge in [0.05, 0.1) is 19.1 Å². The van der Waals surface area contributed by atoms with E-state index in [-0.39, 0.29) is 5.91 Å². The molecule has 0 radical (unpaired) electrons. The van der Waals surface area contributed by atoms with Gasteiger partial charge in [-0.2, -0.15) is 11.3 Å². The molecule has 2 aliphatic rings. The molecule has 128 valence electrons. The van der Waals surface area contributed by atoms with Crippen LogP contribution in [0.25, 0.3) is 0 Å². The van der Waals surface area contributed by atoms with Gasteiger partial charge in [-0.1, -0.05) is 13.8 Å². The normalized spacial score (nSPS) is 26.1. The van der Waals surface area contributed by atoms with Crippen LogP contribution in [0.1, 0.15) is 32.3 Å². The molecule has 2 saturated heterocycles. The van der Waals surface area contributed by atoms with Gasteiger partial charge >= 0.3 is 0 Å². The summed E-state index contributed by atoms with van der Waals surface area (Å²) in [7, 11) is 0. The Morgan fingerprint density at radius 3 is 2.91 bits per heavy atom. The van der Waals surface area contributed by atoms with E-state index in [0.717, 1.165) is 51.2 Å². The van der Waals surface area contributed by atoms with Gasteiger partial charge in [0.25, 0.3) is 0 Å². The van der Waals surface area contributed by atoms with Crippen LogP contribution in [0.15, 0.2) is 16.8 Å². The van der Waals surface area contributed by atoms with E-state index < -0.39 is 0 Å². The molecule has 4 nitrogen and oxygen atoms in total. The standard InChI is InChI=1S/C18H28N2O2S/c1-14(2)12-20-8-9-22-17-4-7-19(6-3-16(17)20)18(21)11-15-5-10-23-13-15/h5,10,13-14,16-17H,3-4,6-9,11-12H2,1-2H3/t16-,17-/m1/s1. The van der Waals surface area contributed by atoms with Crippen molar-refractivity contribution in [2.75, 3.05) is 32.8 Å². The maximum Gasteiger partial charge on any atom is 0.227 e. The van der Waals surface area contributed by atoms with Crippen LogP contribution < -0.4 is 0 Å². The Morgan fingerprint density at radius 2 is 2.17 bits per heavy atom. The van der Waals surface area contributed by atoms with Gasteiger partial charge in [0.2, 0.25) is 5.91 Å². The molecule has 0 aliphatic carbocycles. The average molecular weight is 337 g/mol. The molecule has 0 N–H and O–H groups in total. The van der Waals surface area contributed by atoms with Crippen molar-refractivity contribution in [2.45, 2.75) is 45.3 Å². The minimum Gasteiger partial charge on any atom is -0.375 e. The number of nitrogens with zero attached hydrogens (tertiary/aromatic N) is 2. The summed E-state index contributed by atoms with van der Waals surface area (Å²) in [6.07, 6.45) is 2.83. The van der Waals surface area contributed by atoms with Gasteiger partial charge in [-0.05, 0) is 41.1 Å². The van der Waals surface area contributed by atoms with Crippen LogP contribution in [0.2, 0.25) is 0 Å². The molecule has 2 fully saturated rings. The summed E-state index contributed by atoms with van der Waals surface area (Å²) in [5.41, 5.74) is 1.14. The van der Waals surface area contributed by atoms with Crippen molar-refractivity contribution in [3.8, 4) is 0 Å². The SMILES string of the molecule is CC(C)CN1CCO[C@@H]2CCN(C(=O)Cc3ccsc3)CC[C@H]21. The summed E-state index contributed by atoms with van der Waals surface area (Å²) in [4.78, 5) is 17.2. The quantitative estimate of drug-likeness (QED) is 0.847. The Labute approximate surface area is 143 Å². The Morgan fingerprint density at radius 1 is 1.35 bits per heavy atom. The zero-order valence-electron chi connectivity index (χ0n) is 14.2. The third-order valence-corrected chi connectivity index (χ3v) is 5.61. The summed E-state index contributed by atoms with van der Waals surface area (Å²) < 4.78 is 6.03. The number of hydrogen-bond acceptors (Lipinski definition) is 4. The fourth-order valence-electron chi connectivity index (χ4n) is 3.79. The minimum absolute atomic E-state index is 0.262. The van der Waals surface area contributed by atoms with E-state index in [2.05, 4.69) is 24.1 Å². The molecular weight excluding hydrogens is 308 g/mol. The van der Waals surface area contributed by atoms with Crippen molar-refractivity contribution in [1.29, 1.82) is 0 Å². The molecule has 3 rings (SSSR count). The molecule has 3 heterocycles. The fraction of sp³-hybridized carbons (Fsp3) is 0.722.